The summed E-state index contributed by atoms with van der Waals surface area (Å²) in [6.45, 7) is 10.8. The Labute approximate surface area is 98.0 Å². The molecule has 0 radical (unpaired) electrons. The average Bonchev–Trinajstić information content (AvgIpc) is 2.25. The topological polar surface area (TPSA) is 42.1 Å². The van der Waals surface area contributed by atoms with Gasteiger partial charge in [0.2, 0.25) is 0 Å². The Hall–Kier alpha value is -1.35. The lowest BCUT2D eigenvalue weighted by atomic mass is 10.1. The number of rotatable bonds is 5. The van der Waals surface area contributed by atoms with Crippen molar-refractivity contribution in [3.05, 3.63) is 36.5 Å². The van der Waals surface area contributed by atoms with Crippen molar-refractivity contribution in [2.45, 2.75) is 32.9 Å². The van der Waals surface area contributed by atoms with Crippen LogP contribution in [0.25, 0.3) is 0 Å². The van der Waals surface area contributed by atoms with E-state index in [1.54, 1.807) is 0 Å². The van der Waals surface area contributed by atoms with Gasteiger partial charge in [0.1, 0.15) is 5.82 Å². The van der Waals surface area contributed by atoms with E-state index in [1.807, 2.05) is 31.3 Å². The predicted molar refractivity (Wildman–Crippen MR) is 69.5 cm³/mol. The van der Waals surface area contributed by atoms with Gasteiger partial charge in [0.05, 0.1) is 0 Å². The molecule has 0 aliphatic heterocycles. The lowest BCUT2D eigenvalue weighted by molar-refractivity contribution is 0.709. The van der Waals surface area contributed by atoms with Gasteiger partial charge in [-0.15, -0.1) is 6.58 Å². The van der Waals surface area contributed by atoms with Crippen molar-refractivity contribution in [1.29, 1.82) is 0 Å². The summed E-state index contributed by atoms with van der Waals surface area (Å²) in [4.78, 5) is 6.58. The van der Waals surface area contributed by atoms with Gasteiger partial charge in [0.15, 0.2) is 0 Å². The van der Waals surface area contributed by atoms with Crippen LogP contribution in [0.15, 0.2) is 31.0 Å². The highest BCUT2D eigenvalue weighted by Crippen LogP contribution is 2.18. The van der Waals surface area contributed by atoms with E-state index in [9.17, 15) is 0 Å². The first-order chi connectivity index (χ1) is 7.56. The van der Waals surface area contributed by atoms with E-state index >= 15 is 0 Å². The van der Waals surface area contributed by atoms with Crippen LogP contribution in [0.1, 0.15) is 32.4 Å². The molecule has 1 aromatic heterocycles. The van der Waals surface area contributed by atoms with E-state index in [-0.39, 0.29) is 6.04 Å². The van der Waals surface area contributed by atoms with Gasteiger partial charge < -0.3 is 10.6 Å². The van der Waals surface area contributed by atoms with Crippen molar-refractivity contribution in [3.8, 4) is 0 Å². The van der Waals surface area contributed by atoms with Crippen LogP contribution in [-0.2, 0) is 0 Å². The first-order valence-electron chi connectivity index (χ1n) is 5.65. The summed E-state index contributed by atoms with van der Waals surface area (Å²) in [5.41, 5.74) is 6.98. The summed E-state index contributed by atoms with van der Waals surface area (Å²) in [6, 6.07) is 4.45. The SMILES string of the molecule is C=CCN(c1cc(C(C)N)ccn1)C(C)C. The molecule has 1 rings (SSSR count). The molecule has 2 N–H and O–H groups in total. The number of pyridine rings is 1. The molecule has 1 heterocycles. The van der Waals surface area contributed by atoms with E-state index in [2.05, 4.69) is 30.3 Å². The highest BCUT2D eigenvalue weighted by atomic mass is 15.2. The monoisotopic (exact) mass is 219 g/mol. The summed E-state index contributed by atoms with van der Waals surface area (Å²) < 4.78 is 0. The molecule has 0 saturated heterocycles. The van der Waals surface area contributed by atoms with Gasteiger partial charge in [-0.1, -0.05) is 6.08 Å². The molecule has 3 nitrogen and oxygen atoms in total. The molecule has 88 valence electrons. The van der Waals surface area contributed by atoms with Gasteiger partial charge in [-0.2, -0.15) is 0 Å². The fourth-order valence-electron chi connectivity index (χ4n) is 1.58. The first kappa shape index (κ1) is 12.7. The zero-order valence-corrected chi connectivity index (χ0v) is 10.4. The van der Waals surface area contributed by atoms with Gasteiger partial charge in [-0.25, -0.2) is 4.98 Å². The van der Waals surface area contributed by atoms with Gasteiger partial charge in [-0.05, 0) is 38.5 Å². The van der Waals surface area contributed by atoms with Crippen LogP contribution in [0.3, 0.4) is 0 Å². The Kier molecular flexibility index (Phi) is 4.50. The van der Waals surface area contributed by atoms with Crippen molar-refractivity contribution < 1.29 is 0 Å². The Morgan fingerprint density at radius 1 is 1.50 bits per heavy atom. The molecule has 0 amide bonds. The molecular weight excluding hydrogens is 198 g/mol. The van der Waals surface area contributed by atoms with Crippen molar-refractivity contribution in [1.82, 2.24) is 4.98 Å². The summed E-state index contributed by atoms with van der Waals surface area (Å²) in [5.74, 6) is 0.963. The Balaban J connectivity index is 2.99. The number of aromatic nitrogens is 1. The Bertz CT molecular complexity index is 345. The molecule has 0 aromatic carbocycles. The second-order valence-corrected chi connectivity index (χ2v) is 4.27. The molecule has 1 unspecified atom stereocenters. The number of hydrogen-bond acceptors (Lipinski definition) is 3. The normalized spacial score (nSPS) is 12.6. The van der Waals surface area contributed by atoms with Gasteiger partial charge in [-0.3, -0.25) is 0 Å². The molecule has 1 aromatic rings. The number of anilines is 1. The van der Waals surface area contributed by atoms with Gasteiger partial charge in [0, 0.05) is 24.8 Å². The molecule has 0 spiro atoms. The van der Waals surface area contributed by atoms with Crippen molar-refractivity contribution in [2.24, 2.45) is 5.73 Å². The minimum Gasteiger partial charge on any atom is -0.350 e. The molecule has 0 bridgehead atoms. The molecule has 16 heavy (non-hydrogen) atoms. The fraction of sp³-hybridized carbons (Fsp3) is 0.462. The van der Waals surface area contributed by atoms with Crippen LogP contribution in [0.2, 0.25) is 0 Å². The number of hydrogen-bond donors (Lipinski definition) is 1. The third-order valence-corrected chi connectivity index (χ3v) is 2.54. The summed E-state index contributed by atoms with van der Waals surface area (Å²) in [5, 5.41) is 0. The standard InChI is InChI=1S/C13H21N3/c1-5-8-16(10(2)3)13-9-12(11(4)14)6-7-15-13/h5-7,9-11H,1,8,14H2,2-4H3. The smallest absolute Gasteiger partial charge is 0.129 e. The lowest BCUT2D eigenvalue weighted by Crippen LogP contribution is -2.31. The summed E-state index contributed by atoms with van der Waals surface area (Å²) >= 11 is 0. The van der Waals surface area contributed by atoms with Gasteiger partial charge >= 0.3 is 0 Å². The predicted octanol–water partition coefficient (Wildman–Crippen LogP) is 2.50. The zero-order chi connectivity index (χ0) is 12.1. The van der Waals surface area contributed by atoms with Crippen LogP contribution in [0, 0.1) is 0 Å². The molecular formula is C13H21N3. The second kappa shape index (κ2) is 5.66. The zero-order valence-electron chi connectivity index (χ0n) is 10.4. The Morgan fingerprint density at radius 2 is 2.19 bits per heavy atom. The third-order valence-electron chi connectivity index (χ3n) is 2.54. The van der Waals surface area contributed by atoms with E-state index in [1.165, 1.54) is 0 Å². The minimum absolute atomic E-state index is 0.0412. The second-order valence-electron chi connectivity index (χ2n) is 4.27. The van der Waals surface area contributed by atoms with E-state index in [4.69, 9.17) is 5.73 Å². The van der Waals surface area contributed by atoms with Crippen LogP contribution < -0.4 is 10.6 Å². The molecule has 3 heteroatoms. The average molecular weight is 219 g/mol. The van der Waals surface area contributed by atoms with Crippen molar-refractivity contribution in [3.63, 3.8) is 0 Å². The molecule has 0 saturated carbocycles. The van der Waals surface area contributed by atoms with Gasteiger partial charge in [0.25, 0.3) is 0 Å². The fourth-order valence-corrected chi connectivity index (χ4v) is 1.58. The lowest BCUT2D eigenvalue weighted by Gasteiger charge is -2.27. The maximum absolute atomic E-state index is 5.87. The minimum atomic E-state index is 0.0412. The quantitative estimate of drug-likeness (QED) is 0.774. The first-order valence-corrected chi connectivity index (χ1v) is 5.65. The largest absolute Gasteiger partial charge is 0.350 e. The van der Waals surface area contributed by atoms with Crippen LogP contribution >= 0.6 is 0 Å². The maximum atomic E-state index is 5.87. The number of nitrogens with two attached hydrogens (primary N) is 1. The Morgan fingerprint density at radius 3 is 2.69 bits per heavy atom. The van der Waals surface area contributed by atoms with Crippen LogP contribution in [0.5, 0.6) is 0 Å². The highest BCUT2D eigenvalue weighted by molar-refractivity contribution is 5.43. The van der Waals surface area contributed by atoms with E-state index in [0.717, 1.165) is 17.9 Å². The van der Waals surface area contributed by atoms with Crippen LogP contribution in [0.4, 0.5) is 5.82 Å². The third kappa shape index (κ3) is 3.07. The molecule has 0 fully saturated rings. The van der Waals surface area contributed by atoms with E-state index < -0.39 is 0 Å². The van der Waals surface area contributed by atoms with Crippen LogP contribution in [-0.4, -0.2) is 17.6 Å². The highest BCUT2D eigenvalue weighted by Gasteiger charge is 2.11. The summed E-state index contributed by atoms with van der Waals surface area (Å²) in [6.07, 6.45) is 3.70. The maximum Gasteiger partial charge on any atom is 0.129 e. The van der Waals surface area contributed by atoms with Crippen molar-refractivity contribution >= 4 is 5.82 Å². The molecule has 0 aliphatic rings. The van der Waals surface area contributed by atoms with E-state index in [0.29, 0.717) is 6.04 Å². The number of nitrogens with zero attached hydrogens (tertiary/aromatic N) is 2. The molecule has 1 atom stereocenters. The summed E-state index contributed by atoms with van der Waals surface area (Å²) in [7, 11) is 0. The van der Waals surface area contributed by atoms with Crippen molar-refractivity contribution in [2.75, 3.05) is 11.4 Å². The molecule has 0 aliphatic carbocycles.